The van der Waals surface area contributed by atoms with Crippen LogP contribution in [0.15, 0.2) is 47.3 Å². The second-order valence-electron chi connectivity index (χ2n) is 9.26. The Morgan fingerprint density at radius 3 is 2.94 bits per heavy atom. The van der Waals surface area contributed by atoms with Crippen LogP contribution in [-0.4, -0.2) is 52.8 Å². The number of carbonyl (C=O) groups is 1. The third-order valence-corrected chi connectivity index (χ3v) is 7.81. The molecule has 0 saturated carbocycles. The van der Waals surface area contributed by atoms with Crippen molar-refractivity contribution in [2.75, 3.05) is 26.7 Å². The smallest absolute Gasteiger partial charge is 0.308 e. The molecule has 1 saturated heterocycles. The lowest BCUT2D eigenvalue weighted by Gasteiger charge is -2.37. The second-order valence-corrected chi connectivity index (χ2v) is 10.0. The average molecular weight is 483 g/mol. The molecule has 1 unspecified atom stereocenters. The van der Waals surface area contributed by atoms with Gasteiger partial charge in [-0.2, -0.15) is 11.3 Å². The fourth-order valence-corrected chi connectivity index (χ4v) is 5.79. The molecule has 1 aliphatic heterocycles. The van der Waals surface area contributed by atoms with Gasteiger partial charge in [-0.25, -0.2) is 0 Å². The number of hydrogen-bond acceptors (Lipinski definition) is 6. The number of aromatic nitrogens is 1. The van der Waals surface area contributed by atoms with Crippen molar-refractivity contribution in [3.8, 4) is 5.75 Å². The number of ether oxygens (including phenoxy) is 1. The number of aliphatic hydroxyl groups excluding tert-OH is 1. The molecule has 0 aliphatic carbocycles. The maximum absolute atomic E-state index is 12.0. The van der Waals surface area contributed by atoms with Gasteiger partial charge in [0, 0.05) is 18.1 Å². The highest BCUT2D eigenvalue weighted by Crippen LogP contribution is 2.33. The summed E-state index contributed by atoms with van der Waals surface area (Å²) < 4.78 is 5.34. The van der Waals surface area contributed by atoms with Crippen LogP contribution in [0.5, 0.6) is 5.75 Å². The monoisotopic (exact) mass is 482 g/mol. The summed E-state index contributed by atoms with van der Waals surface area (Å²) in [6, 6.07) is 9.67. The molecule has 1 fully saturated rings. The largest absolute Gasteiger partial charge is 0.497 e. The number of carboxylic acid groups (broad SMARTS) is 1. The zero-order chi connectivity index (χ0) is 23.9. The maximum Gasteiger partial charge on any atom is 0.308 e. The number of carboxylic acids is 1. The van der Waals surface area contributed by atoms with E-state index in [9.17, 15) is 15.0 Å². The topological polar surface area (TPSA) is 82.9 Å². The van der Waals surface area contributed by atoms with E-state index in [-0.39, 0.29) is 11.8 Å². The maximum atomic E-state index is 12.0. The van der Waals surface area contributed by atoms with Crippen molar-refractivity contribution in [3.63, 3.8) is 0 Å². The number of hydrogen-bond donors (Lipinski definition) is 2. The van der Waals surface area contributed by atoms with Crippen LogP contribution in [0.25, 0.3) is 10.9 Å². The molecular formula is C27H34N2O4S. The first-order valence-electron chi connectivity index (χ1n) is 12.1. The molecule has 34 heavy (non-hydrogen) atoms. The minimum Gasteiger partial charge on any atom is -0.497 e. The Morgan fingerprint density at radius 2 is 2.18 bits per heavy atom. The van der Waals surface area contributed by atoms with E-state index < -0.39 is 12.1 Å². The van der Waals surface area contributed by atoms with Gasteiger partial charge in [-0.1, -0.05) is 0 Å². The minimum atomic E-state index is -0.721. The van der Waals surface area contributed by atoms with Crippen LogP contribution in [0.4, 0.5) is 0 Å². The molecule has 2 aromatic heterocycles. The van der Waals surface area contributed by atoms with Gasteiger partial charge in [-0.15, -0.1) is 0 Å². The van der Waals surface area contributed by atoms with Crippen LogP contribution in [0.3, 0.4) is 0 Å². The molecule has 182 valence electrons. The van der Waals surface area contributed by atoms with Gasteiger partial charge in [-0.3, -0.25) is 9.78 Å². The Balaban J connectivity index is 1.31. The Bertz CT molecular complexity index is 1070. The number of aliphatic hydroxyl groups is 1. The number of methoxy groups -OCH3 is 1. The molecule has 0 spiro atoms. The number of fused-ring (bicyclic) bond motifs is 1. The van der Waals surface area contributed by atoms with Gasteiger partial charge >= 0.3 is 5.97 Å². The van der Waals surface area contributed by atoms with Crippen molar-refractivity contribution in [2.45, 2.75) is 44.6 Å². The van der Waals surface area contributed by atoms with Gasteiger partial charge in [0.25, 0.3) is 0 Å². The quantitative estimate of drug-likeness (QED) is 0.367. The number of aliphatic carboxylic acids is 1. The summed E-state index contributed by atoms with van der Waals surface area (Å²) >= 11 is 1.73. The van der Waals surface area contributed by atoms with Gasteiger partial charge in [0.2, 0.25) is 0 Å². The number of aryl methyl sites for hydroxylation is 1. The molecule has 3 atom stereocenters. The molecule has 3 heterocycles. The van der Waals surface area contributed by atoms with Crippen molar-refractivity contribution in [2.24, 2.45) is 11.8 Å². The summed E-state index contributed by atoms with van der Waals surface area (Å²) in [6.07, 6.45) is 6.44. The van der Waals surface area contributed by atoms with Gasteiger partial charge in [0.15, 0.2) is 0 Å². The molecule has 3 aromatic rings. The van der Waals surface area contributed by atoms with Crippen LogP contribution in [0, 0.1) is 11.8 Å². The average Bonchev–Trinajstić information content (AvgIpc) is 3.38. The lowest BCUT2D eigenvalue weighted by Crippen LogP contribution is -2.44. The number of piperidine rings is 1. The number of pyridine rings is 1. The van der Waals surface area contributed by atoms with E-state index in [2.05, 4.69) is 26.7 Å². The van der Waals surface area contributed by atoms with Crippen LogP contribution in [0.1, 0.15) is 49.3 Å². The first-order chi connectivity index (χ1) is 16.5. The summed E-state index contributed by atoms with van der Waals surface area (Å²) in [6.45, 7) is 2.48. The first kappa shape index (κ1) is 24.6. The predicted molar refractivity (Wildman–Crippen MR) is 135 cm³/mol. The lowest BCUT2D eigenvalue weighted by atomic mass is 9.81. The van der Waals surface area contributed by atoms with Crippen molar-refractivity contribution >= 4 is 28.2 Å². The molecule has 1 aliphatic rings. The summed E-state index contributed by atoms with van der Waals surface area (Å²) in [5, 5.41) is 26.1. The number of likely N-dealkylation sites (tertiary alicyclic amines) is 1. The normalized spacial score (nSPS) is 19.8. The van der Waals surface area contributed by atoms with Crippen molar-refractivity contribution in [1.29, 1.82) is 0 Å². The number of unbranched alkanes of at least 4 members (excludes halogenated alkanes) is 1. The molecule has 0 amide bonds. The lowest BCUT2D eigenvalue weighted by molar-refractivity contribution is -0.146. The number of nitrogens with zero attached hydrogens (tertiary/aromatic N) is 2. The molecular weight excluding hydrogens is 448 g/mol. The van der Waals surface area contributed by atoms with Crippen molar-refractivity contribution < 1.29 is 19.7 Å². The molecule has 1 aromatic carbocycles. The van der Waals surface area contributed by atoms with Crippen LogP contribution in [0.2, 0.25) is 0 Å². The van der Waals surface area contributed by atoms with Crippen molar-refractivity contribution in [1.82, 2.24) is 9.88 Å². The number of thiophene rings is 1. The van der Waals surface area contributed by atoms with Gasteiger partial charge in [-0.05, 0) is 110 Å². The van der Waals surface area contributed by atoms with Crippen LogP contribution in [-0.2, 0) is 11.2 Å². The SMILES string of the molecule is COc1ccc2nccc(C(O)CC[C@@H]3CCN(CCCCc4ccsc4)C[C@@H]3C(=O)O)c2c1. The molecule has 2 N–H and O–H groups in total. The zero-order valence-electron chi connectivity index (χ0n) is 19.7. The Morgan fingerprint density at radius 1 is 1.29 bits per heavy atom. The zero-order valence-corrected chi connectivity index (χ0v) is 20.5. The van der Waals surface area contributed by atoms with Gasteiger partial charge in [0.05, 0.1) is 24.6 Å². The fourth-order valence-electron chi connectivity index (χ4n) is 5.09. The molecule has 7 heteroatoms. The van der Waals surface area contributed by atoms with Gasteiger partial charge < -0.3 is 19.8 Å². The summed E-state index contributed by atoms with van der Waals surface area (Å²) in [5.41, 5.74) is 3.03. The first-order valence-corrected chi connectivity index (χ1v) is 13.1. The third kappa shape index (κ3) is 6.14. The Hall–Kier alpha value is -2.48. The van der Waals surface area contributed by atoms with E-state index in [4.69, 9.17) is 4.74 Å². The second kappa shape index (κ2) is 11.8. The summed E-state index contributed by atoms with van der Waals surface area (Å²) in [7, 11) is 1.62. The summed E-state index contributed by atoms with van der Waals surface area (Å²) in [5.74, 6) is -0.298. The van der Waals surface area contributed by atoms with E-state index in [0.29, 0.717) is 19.4 Å². The minimum absolute atomic E-state index is 0.0804. The molecule has 0 radical (unpaired) electrons. The fraction of sp³-hybridized carbons (Fsp3) is 0.481. The molecule has 4 rings (SSSR count). The Labute approximate surface area is 205 Å². The summed E-state index contributed by atoms with van der Waals surface area (Å²) in [4.78, 5) is 18.7. The van der Waals surface area contributed by atoms with E-state index in [1.165, 1.54) is 5.56 Å². The van der Waals surface area contributed by atoms with Crippen molar-refractivity contribution in [3.05, 3.63) is 58.4 Å². The van der Waals surface area contributed by atoms with E-state index in [1.807, 2.05) is 24.3 Å². The molecule has 6 nitrogen and oxygen atoms in total. The number of rotatable bonds is 11. The van der Waals surface area contributed by atoms with E-state index in [1.54, 1.807) is 24.6 Å². The van der Waals surface area contributed by atoms with Crippen LogP contribution >= 0.6 is 11.3 Å². The van der Waals surface area contributed by atoms with Gasteiger partial charge in [0.1, 0.15) is 5.75 Å². The third-order valence-electron chi connectivity index (χ3n) is 7.08. The van der Waals surface area contributed by atoms with E-state index in [0.717, 1.165) is 61.0 Å². The highest BCUT2D eigenvalue weighted by atomic mass is 32.1. The van der Waals surface area contributed by atoms with Crippen LogP contribution < -0.4 is 4.74 Å². The molecule has 0 bridgehead atoms. The number of benzene rings is 1. The predicted octanol–water partition coefficient (Wildman–Crippen LogP) is 5.16. The standard InChI is InChI=1S/C27H34N2O4S/c1-33-21-6-7-25-23(16-21)22(9-12-28-25)26(30)8-5-20-10-14-29(17-24(20)27(31)32)13-3-2-4-19-11-15-34-18-19/h6-7,9,11-12,15-16,18,20,24,26,30H,2-5,8,10,13-14,17H2,1H3,(H,31,32)/t20-,24+,26?/m1/s1. The highest BCUT2D eigenvalue weighted by molar-refractivity contribution is 7.07. The Kier molecular flexibility index (Phi) is 8.53. The van der Waals surface area contributed by atoms with E-state index >= 15 is 0 Å². The highest BCUT2D eigenvalue weighted by Gasteiger charge is 2.34.